The van der Waals surface area contributed by atoms with E-state index >= 15 is 0 Å². The third-order valence-electron chi connectivity index (χ3n) is 5.84. The summed E-state index contributed by atoms with van der Waals surface area (Å²) in [4.78, 5) is 0. The van der Waals surface area contributed by atoms with Crippen LogP contribution >= 0.6 is 0 Å². The second kappa shape index (κ2) is 24.5. The van der Waals surface area contributed by atoms with Gasteiger partial charge in [-0.1, -0.05) is 129 Å². The second-order valence-electron chi connectivity index (χ2n) is 8.86. The summed E-state index contributed by atoms with van der Waals surface area (Å²) in [5, 5.41) is 9.65. The molecule has 30 heavy (non-hydrogen) atoms. The van der Waals surface area contributed by atoms with Gasteiger partial charge >= 0.3 is 29.6 Å². The summed E-state index contributed by atoms with van der Waals surface area (Å²) in [5.74, 6) is -0.451. The monoisotopic (exact) mass is 456 g/mol. The van der Waals surface area contributed by atoms with E-state index in [4.69, 9.17) is 0 Å². The SMILES string of the molecule is CCCCCCCCCCCCCCCCCCCCCC(O)CCS(=O)(=O)[O-].[Na+]. The fourth-order valence-electron chi connectivity index (χ4n) is 3.88. The van der Waals surface area contributed by atoms with Crippen molar-refractivity contribution in [2.75, 3.05) is 5.75 Å². The zero-order valence-electron chi connectivity index (χ0n) is 20.2. The van der Waals surface area contributed by atoms with Gasteiger partial charge in [0.1, 0.15) is 0 Å². The molecule has 1 N–H and O–H groups in total. The molecule has 1 unspecified atom stereocenters. The van der Waals surface area contributed by atoms with E-state index in [0.717, 1.165) is 12.8 Å². The Balaban J connectivity index is 0. The van der Waals surface area contributed by atoms with Crippen LogP contribution in [0.4, 0.5) is 0 Å². The van der Waals surface area contributed by atoms with Crippen LogP contribution in [0.25, 0.3) is 0 Å². The van der Waals surface area contributed by atoms with Gasteiger partial charge < -0.3 is 9.66 Å². The molecule has 0 aromatic carbocycles. The molecule has 0 saturated heterocycles. The van der Waals surface area contributed by atoms with Crippen molar-refractivity contribution in [3.05, 3.63) is 0 Å². The molecule has 176 valence electrons. The molecule has 4 nitrogen and oxygen atoms in total. The number of unbranched alkanes of at least 4 members (excludes halogenated alkanes) is 18. The van der Waals surface area contributed by atoms with Crippen molar-refractivity contribution in [3.63, 3.8) is 0 Å². The van der Waals surface area contributed by atoms with E-state index in [1.54, 1.807) is 0 Å². The normalized spacial score (nSPS) is 12.6. The number of aliphatic hydroxyl groups excluding tert-OH is 1. The second-order valence-corrected chi connectivity index (χ2v) is 10.4. The average molecular weight is 457 g/mol. The Morgan fingerprint density at radius 2 is 0.900 bits per heavy atom. The summed E-state index contributed by atoms with van der Waals surface area (Å²) >= 11 is 0. The van der Waals surface area contributed by atoms with E-state index in [9.17, 15) is 18.1 Å². The van der Waals surface area contributed by atoms with Crippen LogP contribution in [0.2, 0.25) is 0 Å². The molecule has 1 atom stereocenters. The minimum absolute atomic E-state index is 0. The van der Waals surface area contributed by atoms with Crippen LogP contribution in [0.5, 0.6) is 0 Å². The quantitative estimate of drug-likeness (QED) is 0.143. The number of aliphatic hydroxyl groups is 1. The van der Waals surface area contributed by atoms with Crippen molar-refractivity contribution in [2.24, 2.45) is 0 Å². The van der Waals surface area contributed by atoms with Crippen LogP contribution in [-0.4, -0.2) is 29.9 Å². The molecule has 0 aliphatic rings. The molecule has 0 aliphatic carbocycles. The van der Waals surface area contributed by atoms with Crippen molar-refractivity contribution in [1.29, 1.82) is 0 Å². The standard InChI is InChI=1S/C24H50O4S.Na/c1-2-3-4-5-6-7-8-9-10-11-12-13-14-15-16-17-18-19-20-21-24(25)22-23-29(26,27)28;/h24-25H,2-23H2,1H3,(H,26,27,28);/q;+1/p-1. The maximum Gasteiger partial charge on any atom is 1.00 e. The fourth-order valence-corrected chi connectivity index (χ4v) is 4.44. The largest absolute Gasteiger partial charge is 1.00 e. The molecular formula is C24H49NaO4S. The summed E-state index contributed by atoms with van der Waals surface area (Å²) in [6.45, 7) is 2.27. The van der Waals surface area contributed by atoms with Gasteiger partial charge in [0.2, 0.25) is 0 Å². The summed E-state index contributed by atoms with van der Waals surface area (Å²) in [7, 11) is -4.19. The van der Waals surface area contributed by atoms with Crippen molar-refractivity contribution in [3.8, 4) is 0 Å². The summed E-state index contributed by atoms with van der Waals surface area (Å²) in [6, 6.07) is 0. The maximum atomic E-state index is 10.5. The van der Waals surface area contributed by atoms with E-state index in [2.05, 4.69) is 6.92 Å². The predicted molar refractivity (Wildman–Crippen MR) is 123 cm³/mol. The number of rotatable bonds is 23. The van der Waals surface area contributed by atoms with Gasteiger partial charge in [-0.2, -0.15) is 0 Å². The van der Waals surface area contributed by atoms with E-state index in [0.29, 0.717) is 6.42 Å². The molecule has 0 bridgehead atoms. The smallest absolute Gasteiger partial charge is 0.748 e. The minimum Gasteiger partial charge on any atom is -0.748 e. The molecule has 0 aliphatic heterocycles. The third-order valence-corrected chi connectivity index (χ3v) is 6.58. The first kappa shape index (κ1) is 33.0. The molecule has 0 saturated carbocycles. The zero-order valence-corrected chi connectivity index (χ0v) is 23.0. The van der Waals surface area contributed by atoms with Gasteiger partial charge in [0.05, 0.1) is 16.2 Å². The Morgan fingerprint density at radius 3 is 1.20 bits per heavy atom. The maximum absolute atomic E-state index is 10.5. The first-order chi connectivity index (χ1) is 14.0. The Morgan fingerprint density at radius 1 is 0.600 bits per heavy atom. The number of hydrogen-bond donors (Lipinski definition) is 1. The van der Waals surface area contributed by atoms with E-state index in [1.165, 1.54) is 109 Å². The Hall–Kier alpha value is 0.870. The summed E-state index contributed by atoms with van der Waals surface area (Å²) < 4.78 is 31.6. The van der Waals surface area contributed by atoms with Crippen LogP contribution < -0.4 is 29.6 Å². The van der Waals surface area contributed by atoms with Gasteiger partial charge in [0, 0.05) is 5.75 Å². The Bertz CT molecular complexity index is 429. The third kappa shape index (κ3) is 28.9. The molecular weight excluding hydrogens is 407 g/mol. The summed E-state index contributed by atoms with van der Waals surface area (Å²) in [5.41, 5.74) is 0. The van der Waals surface area contributed by atoms with Gasteiger partial charge in [-0.15, -0.1) is 0 Å². The zero-order chi connectivity index (χ0) is 21.6. The van der Waals surface area contributed by atoms with Crippen LogP contribution in [-0.2, 0) is 10.1 Å². The topological polar surface area (TPSA) is 77.4 Å². The molecule has 0 rings (SSSR count). The average Bonchev–Trinajstić information content (AvgIpc) is 2.67. The van der Waals surface area contributed by atoms with Crippen LogP contribution in [0.1, 0.15) is 142 Å². The summed E-state index contributed by atoms with van der Waals surface area (Å²) in [6.07, 6.45) is 25.4. The van der Waals surface area contributed by atoms with Crippen molar-refractivity contribution in [2.45, 2.75) is 148 Å². The van der Waals surface area contributed by atoms with E-state index in [-0.39, 0.29) is 36.0 Å². The minimum atomic E-state index is -4.19. The predicted octanol–water partition coefficient (Wildman–Crippen LogP) is 4.11. The molecule has 6 heteroatoms. The van der Waals surface area contributed by atoms with Crippen LogP contribution in [0.3, 0.4) is 0 Å². The number of hydrogen-bond acceptors (Lipinski definition) is 4. The van der Waals surface area contributed by atoms with Crippen molar-refractivity contribution < 1.29 is 47.6 Å². The van der Waals surface area contributed by atoms with Crippen LogP contribution in [0, 0.1) is 0 Å². The fraction of sp³-hybridized carbons (Fsp3) is 1.00. The van der Waals surface area contributed by atoms with Gasteiger partial charge in [-0.3, -0.25) is 0 Å². The Labute approximate surface area is 210 Å². The molecule has 0 heterocycles. The Kier molecular flexibility index (Phi) is 27.0. The molecule has 0 fully saturated rings. The molecule has 0 radical (unpaired) electrons. The first-order valence-electron chi connectivity index (χ1n) is 12.6. The van der Waals surface area contributed by atoms with Gasteiger partial charge in [0.15, 0.2) is 0 Å². The first-order valence-corrected chi connectivity index (χ1v) is 14.1. The van der Waals surface area contributed by atoms with Crippen molar-refractivity contribution in [1.82, 2.24) is 0 Å². The molecule has 0 spiro atoms. The molecule has 0 amide bonds. The van der Waals surface area contributed by atoms with Gasteiger partial charge in [-0.05, 0) is 12.8 Å². The van der Waals surface area contributed by atoms with Gasteiger partial charge in [-0.25, -0.2) is 8.42 Å². The molecule has 0 aromatic heterocycles. The van der Waals surface area contributed by atoms with E-state index in [1.807, 2.05) is 0 Å². The van der Waals surface area contributed by atoms with Crippen molar-refractivity contribution >= 4 is 10.1 Å². The molecule has 0 aromatic rings. The van der Waals surface area contributed by atoms with E-state index < -0.39 is 22.0 Å². The van der Waals surface area contributed by atoms with Gasteiger partial charge in [0.25, 0.3) is 0 Å². The van der Waals surface area contributed by atoms with Crippen LogP contribution in [0.15, 0.2) is 0 Å².